The Kier molecular flexibility index (Phi) is 3.75. The van der Waals surface area contributed by atoms with E-state index in [0.29, 0.717) is 11.8 Å². The molecule has 3 heterocycles. The minimum absolute atomic E-state index is 0.232. The van der Waals surface area contributed by atoms with Crippen LogP contribution >= 0.6 is 0 Å². The van der Waals surface area contributed by atoms with Gasteiger partial charge in [0.1, 0.15) is 0 Å². The number of rotatable bonds is 4. The van der Waals surface area contributed by atoms with Crippen molar-refractivity contribution in [1.82, 2.24) is 19.6 Å². The number of fused-ring (bicyclic) bond motifs is 3. The third-order valence-corrected chi connectivity index (χ3v) is 4.72. The highest BCUT2D eigenvalue weighted by atomic mass is 16.5. The summed E-state index contributed by atoms with van der Waals surface area (Å²) in [6.45, 7) is 1.56. The Morgan fingerprint density at radius 2 is 1.88 bits per heavy atom. The second kappa shape index (κ2) is 6.38. The van der Waals surface area contributed by atoms with Gasteiger partial charge in [-0.25, -0.2) is 9.97 Å². The Balaban J connectivity index is 1.63. The maximum Gasteiger partial charge on any atom is 0.226 e. The Bertz CT molecular complexity index is 1050. The van der Waals surface area contributed by atoms with Crippen LogP contribution in [0.4, 0.5) is 5.95 Å². The van der Waals surface area contributed by atoms with Crippen molar-refractivity contribution in [2.45, 2.75) is 18.9 Å². The Morgan fingerprint density at radius 3 is 2.73 bits per heavy atom. The van der Waals surface area contributed by atoms with Gasteiger partial charge >= 0.3 is 0 Å². The maximum absolute atomic E-state index is 5.71. The normalized spacial score (nSPS) is 17.2. The predicted octanol–water partition coefficient (Wildman–Crippen LogP) is 3.54. The average molecular weight is 345 g/mol. The molecule has 4 aromatic rings. The SMILES string of the molecule is c1ccc(-c2nc3c4ccccc4nc(NC[C@H]4CCCO4)n3n2)cc1. The summed E-state index contributed by atoms with van der Waals surface area (Å²) >= 11 is 0. The van der Waals surface area contributed by atoms with Crippen molar-refractivity contribution in [2.24, 2.45) is 0 Å². The summed E-state index contributed by atoms with van der Waals surface area (Å²) in [6, 6.07) is 18.0. The van der Waals surface area contributed by atoms with Crippen LogP contribution in [0.1, 0.15) is 12.8 Å². The van der Waals surface area contributed by atoms with Crippen molar-refractivity contribution in [1.29, 1.82) is 0 Å². The molecule has 1 N–H and O–H groups in total. The number of hydrogen-bond donors (Lipinski definition) is 1. The molecule has 1 saturated heterocycles. The lowest BCUT2D eigenvalue weighted by Gasteiger charge is -2.12. The minimum atomic E-state index is 0.232. The lowest BCUT2D eigenvalue weighted by Crippen LogP contribution is -2.20. The molecule has 0 unspecified atom stereocenters. The average Bonchev–Trinajstić information content (AvgIpc) is 3.37. The van der Waals surface area contributed by atoms with E-state index in [2.05, 4.69) is 5.32 Å². The number of nitrogens with one attached hydrogen (secondary N) is 1. The van der Waals surface area contributed by atoms with E-state index in [1.807, 2.05) is 54.6 Å². The third-order valence-electron chi connectivity index (χ3n) is 4.72. The molecule has 1 aliphatic rings. The lowest BCUT2D eigenvalue weighted by atomic mass is 10.2. The molecule has 26 heavy (non-hydrogen) atoms. The summed E-state index contributed by atoms with van der Waals surface area (Å²) in [5.41, 5.74) is 2.71. The topological polar surface area (TPSA) is 64.3 Å². The van der Waals surface area contributed by atoms with Crippen LogP contribution in [0.3, 0.4) is 0 Å². The molecule has 5 rings (SSSR count). The van der Waals surface area contributed by atoms with Crippen molar-refractivity contribution >= 4 is 22.5 Å². The van der Waals surface area contributed by atoms with Gasteiger partial charge in [-0.1, -0.05) is 42.5 Å². The zero-order chi connectivity index (χ0) is 17.3. The van der Waals surface area contributed by atoms with Gasteiger partial charge < -0.3 is 10.1 Å². The fourth-order valence-corrected chi connectivity index (χ4v) is 3.39. The zero-order valence-electron chi connectivity index (χ0n) is 14.3. The third kappa shape index (κ3) is 2.68. The molecule has 2 aromatic carbocycles. The van der Waals surface area contributed by atoms with Crippen LogP contribution in [0, 0.1) is 0 Å². The highest BCUT2D eigenvalue weighted by Gasteiger charge is 2.18. The first-order chi connectivity index (χ1) is 12.9. The van der Waals surface area contributed by atoms with Crippen LogP contribution < -0.4 is 5.32 Å². The van der Waals surface area contributed by atoms with Crippen molar-refractivity contribution in [3.8, 4) is 11.4 Å². The molecule has 0 spiro atoms. The fraction of sp³-hybridized carbons (Fsp3) is 0.250. The summed E-state index contributed by atoms with van der Waals surface area (Å²) in [4.78, 5) is 9.56. The van der Waals surface area contributed by atoms with Gasteiger partial charge in [-0.15, -0.1) is 5.10 Å². The molecule has 1 aliphatic heterocycles. The molecule has 0 bridgehead atoms. The summed E-state index contributed by atoms with van der Waals surface area (Å²) < 4.78 is 7.52. The molecule has 6 heteroatoms. The molecule has 130 valence electrons. The van der Waals surface area contributed by atoms with E-state index < -0.39 is 0 Å². The molecule has 1 atom stereocenters. The van der Waals surface area contributed by atoms with Crippen molar-refractivity contribution in [3.63, 3.8) is 0 Å². The second-order valence-electron chi connectivity index (χ2n) is 6.51. The van der Waals surface area contributed by atoms with Gasteiger partial charge in [-0.3, -0.25) is 0 Å². The molecule has 0 saturated carbocycles. The van der Waals surface area contributed by atoms with Crippen LogP contribution in [-0.4, -0.2) is 38.8 Å². The quantitative estimate of drug-likeness (QED) is 0.613. The van der Waals surface area contributed by atoms with Gasteiger partial charge in [0.15, 0.2) is 11.5 Å². The zero-order valence-corrected chi connectivity index (χ0v) is 14.3. The van der Waals surface area contributed by atoms with E-state index in [1.54, 1.807) is 4.52 Å². The van der Waals surface area contributed by atoms with Crippen molar-refractivity contribution < 1.29 is 4.74 Å². The Hall–Kier alpha value is -2.99. The van der Waals surface area contributed by atoms with Crippen LogP contribution in [0.25, 0.3) is 27.9 Å². The predicted molar refractivity (Wildman–Crippen MR) is 101 cm³/mol. The van der Waals surface area contributed by atoms with Gasteiger partial charge in [0, 0.05) is 24.1 Å². The second-order valence-corrected chi connectivity index (χ2v) is 6.51. The van der Waals surface area contributed by atoms with Gasteiger partial charge in [0.2, 0.25) is 5.95 Å². The van der Waals surface area contributed by atoms with E-state index in [1.165, 1.54) is 0 Å². The number of hydrogen-bond acceptors (Lipinski definition) is 5. The maximum atomic E-state index is 5.71. The summed E-state index contributed by atoms with van der Waals surface area (Å²) in [5, 5.41) is 9.12. The Morgan fingerprint density at radius 1 is 1.04 bits per heavy atom. The monoisotopic (exact) mass is 345 g/mol. The van der Waals surface area contributed by atoms with Crippen molar-refractivity contribution in [3.05, 3.63) is 54.6 Å². The van der Waals surface area contributed by atoms with E-state index in [4.69, 9.17) is 19.8 Å². The first-order valence-corrected chi connectivity index (χ1v) is 8.95. The molecule has 0 aliphatic carbocycles. The standard InChI is InChI=1S/C20H19N5O/c1-2-7-14(8-3-1)18-23-19-16-10-4-5-11-17(16)22-20(25(19)24-18)21-13-15-9-6-12-26-15/h1-5,7-8,10-11,15H,6,9,12-13H2,(H,21,22)/t15-/m1/s1. The van der Waals surface area contributed by atoms with Crippen molar-refractivity contribution in [2.75, 3.05) is 18.5 Å². The van der Waals surface area contributed by atoms with Gasteiger partial charge in [-0.2, -0.15) is 4.52 Å². The van der Waals surface area contributed by atoms with Crippen LogP contribution in [0.2, 0.25) is 0 Å². The summed E-state index contributed by atoms with van der Waals surface area (Å²) in [5.74, 6) is 1.40. The first kappa shape index (κ1) is 15.3. The highest BCUT2D eigenvalue weighted by molar-refractivity contribution is 5.92. The van der Waals surface area contributed by atoms with Crippen LogP contribution in [0.15, 0.2) is 54.6 Å². The first-order valence-electron chi connectivity index (χ1n) is 8.95. The van der Waals surface area contributed by atoms with Gasteiger partial charge in [0.25, 0.3) is 0 Å². The summed E-state index contributed by atoms with van der Waals surface area (Å²) in [6.07, 6.45) is 2.43. The molecule has 2 aromatic heterocycles. The number of ether oxygens (including phenoxy) is 1. The Labute approximate surface area is 150 Å². The van der Waals surface area contributed by atoms with Gasteiger partial charge in [0.05, 0.1) is 11.6 Å². The molecular formula is C20H19N5O. The molecule has 0 radical (unpaired) electrons. The number of anilines is 1. The molecular weight excluding hydrogens is 326 g/mol. The highest BCUT2D eigenvalue weighted by Crippen LogP contribution is 2.24. The minimum Gasteiger partial charge on any atom is -0.376 e. The number of para-hydroxylation sites is 1. The number of nitrogens with zero attached hydrogens (tertiary/aromatic N) is 4. The molecule has 6 nitrogen and oxygen atoms in total. The molecule has 0 amide bonds. The van der Waals surface area contributed by atoms with E-state index in [0.717, 1.165) is 48.1 Å². The van der Waals surface area contributed by atoms with E-state index in [9.17, 15) is 0 Å². The van der Waals surface area contributed by atoms with E-state index in [-0.39, 0.29) is 6.10 Å². The van der Waals surface area contributed by atoms with Crippen LogP contribution in [0.5, 0.6) is 0 Å². The fourth-order valence-electron chi connectivity index (χ4n) is 3.39. The number of benzene rings is 2. The van der Waals surface area contributed by atoms with Crippen LogP contribution in [-0.2, 0) is 4.74 Å². The van der Waals surface area contributed by atoms with Gasteiger partial charge in [-0.05, 0) is 25.0 Å². The smallest absolute Gasteiger partial charge is 0.226 e. The largest absolute Gasteiger partial charge is 0.376 e. The van der Waals surface area contributed by atoms with E-state index >= 15 is 0 Å². The number of aromatic nitrogens is 4. The molecule has 1 fully saturated rings. The lowest BCUT2D eigenvalue weighted by molar-refractivity contribution is 0.120. The summed E-state index contributed by atoms with van der Waals surface area (Å²) in [7, 11) is 0.